The Bertz CT molecular complexity index is 1010. The fourth-order valence-corrected chi connectivity index (χ4v) is 4.94. The van der Waals surface area contributed by atoms with Gasteiger partial charge in [0.1, 0.15) is 16.9 Å². The van der Waals surface area contributed by atoms with E-state index in [4.69, 9.17) is 9.72 Å². The predicted octanol–water partition coefficient (Wildman–Crippen LogP) is 1.63. The first-order valence-electron chi connectivity index (χ1n) is 10.2. The van der Waals surface area contributed by atoms with Gasteiger partial charge in [-0.1, -0.05) is 12.1 Å². The summed E-state index contributed by atoms with van der Waals surface area (Å²) < 4.78 is 6.14. The molecule has 0 bridgehead atoms. The van der Waals surface area contributed by atoms with Crippen LogP contribution in [0.1, 0.15) is 12.1 Å². The van der Waals surface area contributed by atoms with Gasteiger partial charge in [0, 0.05) is 26.2 Å². The molecule has 1 aliphatic carbocycles. The van der Waals surface area contributed by atoms with Crippen molar-refractivity contribution < 1.29 is 20.1 Å². The van der Waals surface area contributed by atoms with E-state index < -0.39 is 18.2 Å². The lowest BCUT2D eigenvalue weighted by Gasteiger charge is -2.21. The van der Waals surface area contributed by atoms with Gasteiger partial charge in [-0.15, -0.1) is 11.3 Å². The molecule has 9 nitrogen and oxygen atoms in total. The maximum atomic E-state index is 10.5. The van der Waals surface area contributed by atoms with Crippen molar-refractivity contribution in [3.8, 4) is 10.6 Å². The number of ether oxygens (including phenoxy) is 1. The summed E-state index contributed by atoms with van der Waals surface area (Å²) in [6.45, 7) is 2.77. The second-order valence-electron chi connectivity index (χ2n) is 7.67. The number of hydrogen-bond donors (Lipinski definition) is 5. The summed E-state index contributed by atoms with van der Waals surface area (Å²) >= 11 is 1.55. The Morgan fingerprint density at radius 3 is 2.68 bits per heavy atom. The number of thiazole rings is 1. The largest absolute Gasteiger partial charge is 0.396 e. The van der Waals surface area contributed by atoms with Crippen LogP contribution in [0.25, 0.3) is 20.8 Å². The van der Waals surface area contributed by atoms with Crippen LogP contribution in [0.4, 0.5) is 11.8 Å². The quantitative estimate of drug-likeness (QED) is 0.328. The third kappa shape index (κ3) is 4.48. The molecule has 0 spiro atoms. The van der Waals surface area contributed by atoms with Crippen LogP contribution in [0.15, 0.2) is 24.3 Å². The number of anilines is 2. The van der Waals surface area contributed by atoms with E-state index in [1.807, 2.05) is 31.2 Å². The monoisotopic (exact) mass is 445 g/mol. The lowest BCUT2D eigenvalue weighted by atomic mass is 10.1. The van der Waals surface area contributed by atoms with E-state index in [1.54, 1.807) is 18.4 Å². The van der Waals surface area contributed by atoms with E-state index in [9.17, 15) is 15.3 Å². The number of aromatic nitrogens is 3. The highest BCUT2D eigenvalue weighted by molar-refractivity contribution is 7.21. The molecule has 0 radical (unpaired) electrons. The van der Waals surface area contributed by atoms with Crippen molar-refractivity contribution in [1.29, 1.82) is 0 Å². The predicted molar refractivity (Wildman–Crippen MR) is 120 cm³/mol. The number of nitrogens with one attached hydrogen (secondary N) is 2. The van der Waals surface area contributed by atoms with Crippen molar-refractivity contribution in [2.75, 3.05) is 37.5 Å². The second-order valence-corrected chi connectivity index (χ2v) is 8.70. The Hall–Kier alpha value is -2.37. The number of fused-ring (bicyclic) bond motifs is 1. The summed E-state index contributed by atoms with van der Waals surface area (Å²) in [6, 6.07) is 7.44. The van der Waals surface area contributed by atoms with Gasteiger partial charge in [0.25, 0.3) is 0 Å². The van der Waals surface area contributed by atoms with Crippen LogP contribution in [-0.4, -0.2) is 75.4 Å². The van der Waals surface area contributed by atoms with Crippen LogP contribution in [0.5, 0.6) is 0 Å². The Balaban J connectivity index is 1.72. The number of rotatable bonds is 8. The number of aliphatic hydroxyl groups is 3. The average molecular weight is 446 g/mol. The molecule has 31 heavy (non-hydrogen) atoms. The molecule has 3 aromatic rings. The number of aryl methyl sites for hydroxylation is 1. The third-order valence-corrected chi connectivity index (χ3v) is 6.60. The molecule has 1 fully saturated rings. The molecule has 166 valence electrons. The first-order valence-corrected chi connectivity index (χ1v) is 11.0. The molecule has 2 heterocycles. The van der Waals surface area contributed by atoms with Crippen LogP contribution in [0.2, 0.25) is 0 Å². The molecule has 1 saturated carbocycles. The van der Waals surface area contributed by atoms with Crippen molar-refractivity contribution >= 4 is 33.3 Å². The minimum absolute atomic E-state index is 0.187. The lowest BCUT2D eigenvalue weighted by Crippen LogP contribution is -2.35. The highest BCUT2D eigenvalue weighted by atomic mass is 32.1. The molecule has 0 unspecified atom stereocenters. The smallest absolute Gasteiger partial charge is 0.224 e. The number of benzene rings is 1. The maximum absolute atomic E-state index is 10.5. The maximum Gasteiger partial charge on any atom is 0.224 e. The van der Waals surface area contributed by atoms with Gasteiger partial charge in [-0.2, -0.15) is 4.98 Å². The highest BCUT2D eigenvalue weighted by Crippen LogP contribution is 2.38. The van der Waals surface area contributed by atoms with Gasteiger partial charge in [-0.3, -0.25) is 0 Å². The summed E-state index contributed by atoms with van der Waals surface area (Å²) in [6.07, 6.45) is -1.58. The molecule has 2 aromatic heterocycles. The zero-order valence-corrected chi connectivity index (χ0v) is 18.3. The van der Waals surface area contributed by atoms with E-state index in [-0.39, 0.29) is 12.5 Å². The molecule has 10 heteroatoms. The summed E-state index contributed by atoms with van der Waals surface area (Å²) in [5.74, 6) is 0.579. The van der Waals surface area contributed by atoms with Crippen LogP contribution in [0, 0.1) is 12.8 Å². The average Bonchev–Trinajstić information content (AvgIpc) is 3.29. The Morgan fingerprint density at radius 1 is 1.16 bits per heavy atom. The summed E-state index contributed by atoms with van der Waals surface area (Å²) in [4.78, 5) is 14.0. The number of methoxy groups -OCH3 is 1. The van der Waals surface area contributed by atoms with Gasteiger partial charge < -0.3 is 30.7 Å². The fourth-order valence-electron chi connectivity index (χ4n) is 3.88. The standard InChI is InChI=1S/C21H27N5O4S/c1-11-16(20-25-13-5-3-4-6-15(13)31-20)19(26-21(23-11)22-7-8-30-2)24-14-9-12(10-27)17(28)18(14)29/h3-6,12,14,17-18,27-29H,7-10H2,1-2H3,(H2,22,23,24,26)/t12-,14-,17-,18+/m1/s1. The normalized spacial score (nSPS) is 23.4. The topological polar surface area (TPSA) is 133 Å². The van der Waals surface area contributed by atoms with Gasteiger partial charge in [0.05, 0.1) is 40.2 Å². The van der Waals surface area contributed by atoms with Gasteiger partial charge in [0.2, 0.25) is 5.95 Å². The van der Waals surface area contributed by atoms with Crippen LogP contribution in [-0.2, 0) is 4.74 Å². The fraction of sp³-hybridized carbons (Fsp3) is 0.476. The van der Waals surface area contributed by atoms with Crippen molar-refractivity contribution in [3.63, 3.8) is 0 Å². The zero-order chi connectivity index (χ0) is 22.0. The Labute approximate surface area is 184 Å². The molecule has 5 N–H and O–H groups in total. The minimum Gasteiger partial charge on any atom is -0.396 e. The summed E-state index contributed by atoms with van der Waals surface area (Å²) in [7, 11) is 1.63. The zero-order valence-electron chi connectivity index (χ0n) is 17.4. The molecule has 4 rings (SSSR count). The molecule has 1 aromatic carbocycles. The first kappa shape index (κ1) is 21.8. The van der Waals surface area contributed by atoms with E-state index >= 15 is 0 Å². The Kier molecular flexibility index (Phi) is 6.63. The third-order valence-electron chi connectivity index (χ3n) is 5.55. The molecule has 0 saturated heterocycles. The van der Waals surface area contributed by atoms with Crippen molar-refractivity contribution in [3.05, 3.63) is 30.0 Å². The molecular formula is C21H27N5O4S. The SMILES string of the molecule is COCCNc1nc(C)c(-c2nc3ccccc3s2)c(N[C@@H]2C[C@H](CO)[C@@H](O)[C@H]2O)n1. The number of nitrogens with zero attached hydrogens (tertiary/aromatic N) is 3. The van der Waals surface area contributed by atoms with Crippen molar-refractivity contribution in [2.24, 2.45) is 5.92 Å². The van der Waals surface area contributed by atoms with Gasteiger partial charge in [-0.05, 0) is 25.5 Å². The minimum atomic E-state index is -1.01. The second kappa shape index (κ2) is 9.41. The summed E-state index contributed by atoms with van der Waals surface area (Å²) in [5, 5.41) is 37.4. The molecular weight excluding hydrogens is 418 g/mol. The number of para-hydroxylation sites is 1. The highest BCUT2D eigenvalue weighted by Gasteiger charge is 2.41. The molecule has 4 atom stereocenters. The lowest BCUT2D eigenvalue weighted by molar-refractivity contribution is 0.00446. The Morgan fingerprint density at radius 2 is 1.97 bits per heavy atom. The van der Waals surface area contributed by atoms with Crippen LogP contribution >= 0.6 is 11.3 Å². The van der Waals surface area contributed by atoms with E-state index in [1.165, 1.54) is 0 Å². The van der Waals surface area contributed by atoms with Gasteiger partial charge in [0.15, 0.2) is 0 Å². The van der Waals surface area contributed by atoms with E-state index in [0.29, 0.717) is 31.3 Å². The van der Waals surface area contributed by atoms with Crippen molar-refractivity contribution in [2.45, 2.75) is 31.6 Å². The summed E-state index contributed by atoms with van der Waals surface area (Å²) in [5.41, 5.74) is 2.39. The first-order chi connectivity index (χ1) is 15.0. The van der Waals surface area contributed by atoms with Crippen molar-refractivity contribution in [1.82, 2.24) is 15.0 Å². The number of hydrogen-bond acceptors (Lipinski definition) is 10. The molecule has 0 aliphatic heterocycles. The van der Waals surface area contributed by atoms with Crippen LogP contribution < -0.4 is 10.6 Å². The number of aliphatic hydroxyl groups excluding tert-OH is 3. The molecule has 0 amide bonds. The van der Waals surface area contributed by atoms with E-state index in [0.717, 1.165) is 26.5 Å². The van der Waals surface area contributed by atoms with Gasteiger partial charge >= 0.3 is 0 Å². The van der Waals surface area contributed by atoms with Crippen LogP contribution in [0.3, 0.4) is 0 Å². The molecule has 1 aliphatic rings. The van der Waals surface area contributed by atoms with E-state index in [2.05, 4.69) is 20.6 Å². The van der Waals surface area contributed by atoms with Gasteiger partial charge in [-0.25, -0.2) is 9.97 Å².